The highest BCUT2D eigenvalue weighted by molar-refractivity contribution is 7.92. The molecule has 0 radical (unpaired) electrons. The average molecular weight is 332 g/mol. The topological polar surface area (TPSA) is 86.5 Å². The van der Waals surface area contributed by atoms with Gasteiger partial charge in [-0.2, -0.15) is 0 Å². The lowest BCUT2D eigenvalue weighted by Gasteiger charge is -2.10. The van der Waals surface area contributed by atoms with Gasteiger partial charge in [-0.3, -0.25) is 0 Å². The fourth-order valence-electron chi connectivity index (χ4n) is 2.68. The molecule has 0 unspecified atom stereocenters. The van der Waals surface area contributed by atoms with E-state index in [-0.39, 0.29) is 12.4 Å². The zero-order valence-electron chi connectivity index (χ0n) is 11.9. The van der Waals surface area contributed by atoms with Crippen molar-refractivity contribution in [1.82, 2.24) is 0 Å². The Labute approximate surface area is 129 Å². The largest absolute Gasteiger partial charge is 0.465 e. The molecule has 21 heavy (non-hydrogen) atoms. The lowest BCUT2D eigenvalue weighted by atomic mass is 10.1. The van der Waals surface area contributed by atoms with Gasteiger partial charge < -0.3 is 10.5 Å². The van der Waals surface area contributed by atoms with Crippen molar-refractivity contribution in [1.29, 1.82) is 0 Å². The van der Waals surface area contributed by atoms with Crippen molar-refractivity contribution in [3.63, 3.8) is 0 Å². The molecule has 1 aromatic rings. The number of carbonyl (C=O) groups excluding carboxylic acids is 1. The lowest BCUT2D eigenvalue weighted by molar-refractivity contribution is -0.145. The Hall–Kier alpha value is -1.11. The number of sulfone groups is 1. The lowest BCUT2D eigenvalue weighted by Crippen LogP contribution is -2.41. The molecule has 3 atom stereocenters. The van der Waals surface area contributed by atoms with Crippen LogP contribution in [0.2, 0.25) is 5.02 Å². The standard InChI is InChI=1S/C14H18ClNO4S/c1-3-20-13(17)14(16)11(12(14)21(18,19)4-2)9-5-7-10(15)8-6-9/h5-8,11-12H,3-4,16H2,1-2H3/t11-,12-,14+/m0/s1. The zero-order chi connectivity index (χ0) is 15.8. The van der Waals surface area contributed by atoms with Gasteiger partial charge in [-0.05, 0) is 24.6 Å². The first-order valence-corrected chi connectivity index (χ1v) is 8.81. The van der Waals surface area contributed by atoms with Crippen LogP contribution in [0.15, 0.2) is 24.3 Å². The number of hydrogen-bond donors (Lipinski definition) is 1. The highest BCUT2D eigenvalue weighted by atomic mass is 35.5. The number of benzene rings is 1. The molecule has 1 saturated carbocycles. The van der Waals surface area contributed by atoms with E-state index < -0.39 is 32.5 Å². The van der Waals surface area contributed by atoms with Crippen molar-refractivity contribution >= 4 is 27.4 Å². The van der Waals surface area contributed by atoms with Crippen LogP contribution in [0.4, 0.5) is 0 Å². The van der Waals surface area contributed by atoms with Crippen LogP contribution < -0.4 is 5.73 Å². The molecule has 1 aliphatic carbocycles. The second-order valence-electron chi connectivity index (χ2n) is 5.05. The summed E-state index contributed by atoms with van der Waals surface area (Å²) in [5.41, 5.74) is 5.27. The Kier molecular flexibility index (Phi) is 4.33. The average Bonchev–Trinajstić information content (AvgIpc) is 3.09. The molecule has 5 nitrogen and oxygen atoms in total. The van der Waals surface area contributed by atoms with Gasteiger partial charge in [0.2, 0.25) is 0 Å². The van der Waals surface area contributed by atoms with Crippen LogP contribution in [0.25, 0.3) is 0 Å². The number of nitrogens with two attached hydrogens (primary N) is 1. The van der Waals surface area contributed by atoms with Gasteiger partial charge in [-0.15, -0.1) is 0 Å². The van der Waals surface area contributed by atoms with E-state index in [4.69, 9.17) is 22.1 Å². The molecule has 2 N–H and O–H groups in total. The summed E-state index contributed by atoms with van der Waals surface area (Å²) in [7, 11) is -3.46. The number of hydrogen-bond acceptors (Lipinski definition) is 5. The minimum absolute atomic E-state index is 0.0693. The molecule has 0 aromatic heterocycles. The monoisotopic (exact) mass is 331 g/mol. The van der Waals surface area contributed by atoms with Crippen molar-refractivity contribution < 1.29 is 17.9 Å². The van der Waals surface area contributed by atoms with Gasteiger partial charge in [0.25, 0.3) is 0 Å². The first-order valence-electron chi connectivity index (χ1n) is 6.72. The van der Waals surface area contributed by atoms with E-state index in [0.717, 1.165) is 0 Å². The molecule has 2 rings (SSSR count). The fraction of sp³-hybridized carbons (Fsp3) is 0.500. The quantitative estimate of drug-likeness (QED) is 0.826. The Bertz CT molecular complexity index is 643. The molecule has 0 heterocycles. The Morgan fingerprint density at radius 1 is 1.33 bits per heavy atom. The van der Waals surface area contributed by atoms with Crippen LogP contribution in [0.5, 0.6) is 0 Å². The predicted octanol–water partition coefficient (Wildman–Crippen LogP) is 1.50. The number of halogens is 1. The smallest absolute Gasteiger partial charge is 0.328 e. The second kappa shape index (κ2) is 5.59. The number of rotatable bonds is 5. The van der Waals surface area contributed by atoms with Gasteiger partial charge in [0.15, 0.2) is 9.84 Å². The molecule has 0 aliphatic heterocycles. The minimum Gasteiger partial charge on any atom is -0.465 e. The van der Waals surface area contributed by atoms with Gasteiger partial charge in [0, 0.05) is 16.7 Å². The van der Waals surface area contributed by atoms with Gasteiger partial charge in [0.1, 0.15) is 5.54 Å². The van der Waals surface area contributed by atoms with Crippen molar-refractivity contribution in [2.24, 2.45) is 5.73 Å². The Morgan fingerprint density at radius 2 is 1.90 bits per heavy atom. The highest BCUT2D eigenvalue weighted by Crippen LogP contribution is 2.55. The predicted molar refractivity (Wildman–Crippen MR) is 81.0 cm³/mol. The summed E-state index contributed by atoms with van der Waals surface area (Å²) in [5, 5.41) is -0.414. The van der Waals surface area contributed by atoms with Crippen molar-refractivity contribution in [3.05, 3.63) is 34.9 Å². The molecule has 1 aromatic carbocycles. The summed E-state index contributed by atoms with van der Waals surface area (Å²) >= 11 is 5.83. The molecule has 0 saturated heterocycles. The SMILES string of the molecule is CCOC(=O)[C@@]1(N)[C@@H](c2ccc(Cl)cc2)[C@@H]1S(=O)(=O)CC. The van der Waals surface area contributed by atoms with Crippen LogP contribution in [0.1, 0.15) is 25.3 Å². The third-order valence-electron chi connectivity index (χ3n) is 3.83. The van der Waals surface area contributed by atoms with E-state index in [0.29, 0.717) is 10.6 Å². The first kappa shape index (κ1) is 16.3. The molecule has 1 aliphatic rings. The maximum atomic E-state index is 12.2. The maximum absolute atomic E-state index is 12.2. The van der Waals surface area contributed by atoms with Crippen molar-refractivity contribution in [3.8, 4) is 0 Å². The highest BCUT2D eigenvalue weighted by Gasteiger charge is 2.74. The summed E-state index contributed by atoms with van der Waals surface area (Å²) in [5.74, 6) is -1.34. The summed E-state index contributed by atoms with van der Waals surface area (Å²) in [6.07, 6.45) is 0. The first-order chi connectivity index (χ1) is 9.79. The normalized spacial score (nSPS) is 28.2. The Morgan fingerprint density at radius 3 is 2.38 bits per heavy atom. The zero-order valence-corrected chi connectivity index (χ0v) is 13.4. The molecule has 7 heteroatoms. The fourth-order valence-corrected chi connectivity index (χ4v) is 4.72. The van der Waals surface area contributed by atoms with E-state index in [1.165, 1.54) is 6.92 Å². The van der Waals surface area contributed by atoms with Crippen molar-refractivity contribution in [2.75, 3.05) is 12.4 Å². The molecule has 116 valence electrons. The molecule has 0 spiro atoms. The maximum Gasteiger partial charge on any atom is 0.328 e. The van der Waals surface area contributed by atoms with Gasteiger partial charge >= 0.3 is 5.97 Å². The summed E-state index contributed by atoms with van der Waals surface area (Å²) in [6.45, 7) is 3.35. The van der Waals surface area contributed by atoms with E-state index >= 15 is 0 Å². The van der Waals surface area contributed by atoms with Crippen LogP contribution in [0, 0.1) is 0 Å². The molecule has 1 fully saturated rings. The third-order valence-corrected chi connectivity index (χ3v) is 6.32. The van der Waals surface area contributed by atoms with E-state index in [2.05, 4.69) is 0 Å². The van der Waals surface area contributed by atoms with Gasteiger partial charge in [-0.1, -0.05) is 30.7 Å². The van der Waals surface area contributed by atoms with Gasteiger partial charge in [-0.25, -0.2) is 13.2 Å². The van der Waals surface area contributed by atoms with Crippen LogP contribution in [-0.2, 0) is 19.4 Å². The minimum atomic E-state index is -3.46. The van der Waals surface area contributed by atoms with Crippen molar-refractivity contribution in [2.45, 2.75) is 30.6 Å². The number of ether oxygens (including phenoxy) is 1. The van der Waals surface area contributed by atoms with E-state index in [1.54, 1.807) is 31.2 Å². The molecular weight excluding hydrogens is 314 g/mol. The van der Waals surface area contributed by atoms with E-state index in [9.17, 15) is 13.2 Å². The molecular formula is C14H18ClNO4S. The Balaban J connectivity index is 2.42. The van der Waals surface area contributed by atoms with Crippen LogP contribution >= 0.6 is 11.6 Å². The summed E-state index contributed by atoms with van der Waals surface area (Å²) < 4.78 is 29.4. The number of esters is 1. The molecule has 0 bridgehead atoms. The van der Waals surface area contributed by atoms with Gasteiger partial charge in [0.05, 0.1) is 11.9 Å². The van der Waals surface area contributed by atoms with Crippen LogP contribution in [-0.4, -0.2) is 37.5 Å². The second-order valence-corrected chi connectivity index (χ2v) is 7.90. The van der Waals surface area contributed by atoms with Crippen LogP contribution in [0.3, 0.4) is 0 Å². The summed E-state index contributed by atoms with van der Waals surface area (Å²) in [4.78, 5) is 12.1. The third kappa shape index (κ3) is 2.67. The summed E-state index contributed by atoms with van der Waals surface area (Å²) in [6, 6.07) is 6.69. The number of carbonyl (C=O) groups is 1. The van der Waals surface area contributed by atoms with E-state index in [1.807, 2.05) is 0 Å². The molecule has 0 amide bonds.